The second-order valence-corrected chi connectivity index (χ2v) is 9.58. The molecule has 2 saturated carbocycles. The zero-order valence-corrected chi connectivity index (χ0v) is 16.2. The lowest BCUT2D eigenvalue weighted by Gasteiger charge is -2.59. The van der Waals surface area contributed by atoms with Gasteiger partial charge >= 0.3 is 0 Å². The van der Waals surface area contributed by atoms with Gasteiger partial charge in [0.1, 0.15) is 6.29 Å². The molecule has 4 unspecified atom stereocenters. The molecule has 2 aliphatic carbocycles. The molecule has 1 heteroatoms. The molecule has 0 amide bonds. The van der Waals surface area contributed by atoms with E-state index in [0.717, 1.165) is 18.8 Å². The Hall–Kier alpha value is -1.11. The maximum atomic E-state index is 11.9. The van der Waals surface area contributed by atoms with E-state index >= 15 is 0 Å². The van der Waals surface area contributed by atoms with Crippen LogP contribution < -0.4 is 0 Å². The standard InChI is InChI=1S/C23H34O/c1-16-11-17(2)13-18(12-16)14-20-19(15-24)7-8-21-22(3,4)9-6-10-23(20,21)5/h11-13,15,19-21H,6-10,14H2,1-5H3. The highest BCUT2D eigenvalue weighted by molar-refractivity contribution is 5.55. The molecule has 0 N–H and O–H groups in total. The molecule has 132 valence electrons. The fourth-order valence-electron chi connectivity index (χ4n) is 6.37. The molecule has 0 bridgehead atoms. The van der Waals surface area contributed by atoms with Crippen LogP contribution in [-0.4, -0.2) is 6.29 Å². The van der Waals surface area contributed by atoms with Crippen LogP contribution in [-0.2, 0) is 11.2 Å². The molecule has 2 aliphatic rings. The maximum Gasteiger partial charge on any atom is 0.123 e. The van der Waals surface area contributed by atoms with Gasteiger partial charge in [0.25, 0.3) is 0 Å². The molecule has 1 aromatic carbocycles. The molecular formula is C23H34O. The highest BCUT2D eigenvalue weighted by Crippen LogP contribution is 2.61. The van der Waals surface area contributed by atoms with Crippen LogP contribution in [0.3, 0.4) is 0 Å². The Kier molecular flexibility index (Phi) is 4.66. The van der Waals surface area contributed by atoms with Gasteiger partial charge in [-0.2, -0.15) is 0 Å². The average Bonchev–Trinajstić information content (AvgIpc) is 2.47. The largest absolute Gasteiger partial charge is 0.303 e. The number of aldehydes is 1. The van der Waals surface area contributed by atoms with Crippen molar-refractivity contribution in [3.63, 3.8) is 0 Å². The Morgan fingerprint density at radius 1 is 1.04 bits per heavy atom. The van der Waals surface area contributed by atoms with E-state index in [1.165, 1.54) is 48.7 Å². The normalized spacial score (nSPS) is 35.3. The predicted molar refractivity (Wildman–Crippen MR) is 101 cm³/mol. The van der Waals surface area contributed by atoms with Crippen molar-refractivity contribution in [2.75, 3.05) is 0 Å². The van der Waals surface area contributed by atoms with Crippen molar-refractivity contribution in [1.29, 1.82) is 0 Å². The Labute approximate surface area is 148 Å². The van der Waals surface area contributed by atoms with Crippen molar-refractivity contribution in [2.24, 2.45) is 28.6 Å². The maximum absolute atomic E-state index is 11.9. The first-order valence-corrected chi connectivity index (χ1v) is 9.79. The fourth-order valence-corrected chi connectivity index (χ4v) is 6.37. The molecule has 0 radical (unpaired) electrons. The lowest BCUT2D eigenvalue weighted by atomic mass is 9.46. The van der Waals surface area contributed by atoms with Crippen LogP contribution in [0.15, 0.2) is 18.2 Å². The average molecular weight is 327 g/mol. The van der Waals surface area contributed by atoms with E-state index in [2.05, 4.69) is 52.8 Å². The van der Waals surface area contributed by atoms with Crippen molar-refractivity contribution < 1.29 is 4.79 Å². The lowest BCUT2D eigenvalue weighted by Crippen LogP contribution is -2.52. The molecule has 1 nitrogen and oxygen atoms in total. The fraction of sp³-hybridized carbons (Fsp3) is 0.696. The molecule has 0 spiro atoms. The number of aryl methyl sites for hydroxylation is 2. The summed E-state index contributed by atoms with van der Waals surface area (Å²) in [5.41, 5.74) is 4.84. The molecule has 0 heterocycles. The Morgan fingerprint density at radius 2 is 1.71 bits per heavy atom. The van der Waals surface area contributed by atoms with Gasteiger partial charge in [-0.25, -0.2) is 0 Å². The minimum absolute atomic E-state index is 0.237. The third kappa shape index (κ3) is 3.07. The SMILES string of the molecule is Cc1cc(C)cc(CC2C(C=O)CCC3C(C)(C)CCCC23C)c1. The van der Waals surface area contributed by atoms with Gasteiger partial charge in [-0.1, -0.05) is 56.5 Å². The van der Waals surface area contributed by atoms with Gasteiger partial charge in [-0.05, 0) is 74.2 Å². The summed E-state index contributed by atoms with van der Waals surface area (Å²) in [5.74, 6) is 1.49. The molecule has 3 rings (SSSR count). The number of hydrogen-bond donors (Lipinski definition) is 0. The zero-order chi connectivity index (χ0) is 17.5. The van der Waals surface area contributed by atoms with Gasteiger partial charge in [-0.3, -0.25) is 0 Å². The molecular weight excluding hydrogens is 292 g/mol. The predicted octanol–water partition coefficient (Wildman–Crippen LogP) is 5.90. The summed E-state index contributed by atoms with van der Waals surface area (Å²) in [5, 5.41) is 0. The third-order valence-electron chi connectivity index (χ3n) is 7.34. The summed E-state index contributed by atoms with van der Waals surface area (Å²) < 4.78 is 0. The third-order valence-corrected chi connectivity index (χ3v) is 7.34. The molecule has 4 atom stereocenters. The van der Waals surface area contributed by atoms with Crippen LogP contribution in [0.2, 0.25) is 0 Å². The molecule has 0 aliphatic heterocycles. The number of benzene rings is 1. The minimum Gasteiger partial charge on any atom is -0.303 e. The topological polar surface area (TPSA) is 17.1 Å². The van der Waals surface area contributed by atoms with Crippen molar-refractivity contribution in [3.8, 4) is 0 Å². The van der Waals surface area contributed by atoms with E-state index in [-0.39, 0.29) is 5.92 Å². The molecule has 0 aromatic heterocycles. The zero-order valence-electron chi connectivity index (χ0n) is 16.2. The van der Waals surface area contributed by atoms with Crippen LogP contribution in [0.25, 0.3) is 0 Å². The van der Waals surface area contributed by atoms with Crippen molar-refractivity contribution in [1.82, 2.24) is 0 Å². The molecule has 1 aromatic rings. The Morgan fingerprint density at radius 3 is 2.33 bits per heavy atom. The highest BCUT2D eigenvalue weighted by Gasteiger charge is 2.54. The second kappa shape index (κ2) is 6.32. The summed E-state index contributed by atoms with van der Waals surface area (Å²) in [6.07, 6.45) is 8.61. The van der Waals surface area contributed by atoms with E-state index in [0.29, 0.717) is 16.7 Å². The van der Waals surface area contributed by atoms with Gasteiger partial charge in [0.15, 0.2) is 0 Å². The second-order valence-electron chi connectivity index (χ2n) is 9.58. The lowest BCUT2D eigenvalue weighted by molar-refractivity contribution is -0.128. The van der Waals surface area contributed by atoms with Crippen molar-refractivity contribution in [3.05, 3.63) is 34.9 Å². The quantitative estimate of drug-likeness (QED) is 0.632. The summed E-state index contributed by atoms with van der Waals surface area (Å²) >= 11 is 0. The number of rotatable bonds is 3. The summed E-state index contributed by atoms with van der Waals surface area (Å²) in [7, 11) is 0. The van der Waals surface area contributed by atoms with Gasteiger partial charge in [0.05, 0.1) is 0 Å². The monoisotopic (exact) mass is 326 g/mol. The van der Waals surface area contributed by atoms with Crippen LogP contribution in [0.5, 0.6) is 0 Å². The molecule has 24 heavy (non-hydrogen) atoms. The number of carbonyl (C=O) groups excluding carboxylic acids is 1. The van der Waals surface area contributed by atoms with E-state index in [1.807, 2.05) is 0 Å². The molecule has 2 fully saturated rings. The van der Waals surface area contributed by atoms with Crippen LogP contribution in [0, 0.1) is 42.4 Å². The van der Waals surface area contributed by atoms with E-state index in [1.54, 1.807) is 0 Å². The van der Waals surface area contributed by atoms with E-state index < -0.39 is 0 Å². The highest BCUT2D eigenvalue weighted by atomic mass is 16.1. The van der Waals surface area contributed by atoms with Crippen LogP contribution in [0.1, 0.15) is 69.6 Å². The summed E-state index contributed by atoms with van der Waals surface area (Å²) in [6.45, 7) is 11.8. The van der Waals surface area contributed by atoms with Crippen molar-refractivity contribution in [2.45, 2.75) is 73.1 Å². The van der Waals surface area contributed by atoms with Gasteiger partial charge in [0.2, 0.25) is 0 Å². The number of carbonyl (C=O) groups is 1. The van der Waals surface area contributed by atoms with E-state index in [9.17, 15) is 4.79 Å². The van der Waals surface area contributed by atoms with Gasteiger partial charge in [-0.15, -0.1) is 0 Å². The first-order valence-electron chi connectivity index (χ1n) is 9.79. The van der Waals surface area contributed by atoms with Crippen LogP contribution >= 0.6 is 0 Å². The summed E-state index contributed by atoms with van der Waals surface area (Å²) in [4.78, 5) is 11.9. The smallest absolute Gasteiger partial charge is 0.123 e. The first kappa shape index (κ1) is 17.7. The summed E-state index contributed by atoms with van der Waals surface area (Å²) in [6, 6.07) is 6.90. The van der Waals surface area contributed by atoms with Gasteiger partial charge in [0, 0.05) is 5.92 Å². The minimum atomic E-state index is 0.237. The van der Waals surface area contributed by atoms with Gasteiger partial charge < -0.3 is 4.79 Å². The first-order chi connectivity index (χ1) is 11.3. The molecule has 0 saturated heterocycles. The number of hydrogen-bond acceptors (Lipinski definition) is 1. The van der Waals surface area contributed by atoms with Crippen molar-refractivity contribution >= 4 is 6.29 Å². The van der Waals surface area contributed by atoms with E-state index in [4.69, 9.17) is 0 Å². The Balaban J connectivity index is 1.96. The number of fused-ring (bicyclic) bond motifs is 1. The Bertz CT molecular complexity index is 594. The van der Waals surface area contributed by atoms with Crippen LogP contribution in [0.4, 0.5) is 0 Å².